The molecular formula is C20H13ClFLiN4O2. The van der Waals surface area contributed by atoms with Crippen LogP contribution in [0.3, 0.4) is 0 Å². The molecule has 0 saturated carbocycles. The van der Waals surface area contributed by atoms with Crippen molar-refractivity contribution in [2.75, 3.05) is 5.32 Å². The van der Waals surface area contributed by atoms with Crippen LogP contribution in [0.5, 0.6) is 0 Å². The van der Waals surface area contributed by atoms with Crippen LogP contribution in [0.1, 0.15) is 10.4 Å². The van der Waals surface area contributed by atoms with Crippen LogP contribution >= 0.6 is 11.6 Å². The third-order valence-corrected chi connectivity index (χ3v) is 4.36. The minimum absolute atomic E-state index is 0. The van der Waals surface area contributed by atoms with Gasteiger partial charge in [0.05, 0.1) is 28.7 Å². The van der Waals surface area contributed by atoms with Crippen molar-refractivity contribution < 1.29 is 14.3 Å². The molecular weight excluding hydrogens is 390 g/mol. The molecule has 0 aliphatic rings. The Morgan fingerprint density at radius 2 is 1.93 bits per heavy atom. The molecule has 0 amide bonds. The van der Waals surface area contributed by atoms with Crippen molar-refractivity contribution >= 4 is 58.7 Å². The Kier molecular flexibility index (Phi) is 6.14. The predicted octanol–water partition coefficient (Wildman–Crippen LogP) is 4.28. The number of aromatic carboxylic acids is 1. The number of nitrogens with one attached hydrogen (secondary N) is 1. The van der Waals surface area contributed by atoms with Gasteiger partial charge in [-0.25, -0.2) is 9.18 Å². The van der Waals surface area contributed by atoms with E-state index in [4.69, 9.17) is 11.6 Å². The summed E-state index contributed by atoms with van der Waals surface area (Å²) >= 11 is 5.96. The Labute approximate surface area is 181 Å². The number of fused-ring (bicyclic) bond motifs is 1. The van der Waals surface area contributed by atoms with E-state index in [1.54, 1.807) is 30.5 Å². The van der Waals surface area contributed by atoms with Crippen LogP contribution in [0.2, 0.25) is 5.02 Å². The number of anilines is 2. The Bertz CT molecular complexity index is 1220. The van der Waals surface area contributed by atoms with Gasteiger partial charge in [0, 0.05) is 27.9 Å². The number of pyridine rings is 1. The Morgan fingerprint density at radius 1 is 1.10 bits per heavy atom. The van der Waals surface area contributed by atoms with Crippen LogP contribution in [0.25, 0.3) is 22.2 Å². The molecule has 2 aromatic carbocycles. The number of nitrogens with zero attached hydrogens (tertiary/aromatic N) is 3. The van der Waals surface area contributed by atoms with Crippen LogP contribution in [0.15, 0.2) is 60.9 Å². The van der Waals surface area contributed by atoms with E-state index in [1.807, 2.05) is 0 Å². The normalized spacial score (nSPS) is 10.4. The van der Waals surface area contributed by atoms with Crippen LogP contribution < -0.4 is 5.32 Å². The third-order valence-electron chi connectivity index (χ3n) is 4.13. The number of halogens is 2. The number of benzene rings is 2. The molecule has 0 spiro atoms. The maximum atomic E-state index is 14.1. The molecule has 0 saturated heterocycles. The van der Waals surface area contributed by atoms with Crippen molar-refractivity contribution in [2.24, 2.45) is 0 Å². The summed E-state index contributed by atoms with van der Waals surface area (Å²) in [6.45, 7) is 0. The Hall–Kier alpha value is -2.98. The summed E-state index contributed by atoms with van der Waals surface area (Å²) in [5.41, 5.74) is 2.53. The van der Waals surface area contributed by atoms with E-state index in [2.05, 4.69) is 20.5 Å². The quantitative estimate of drug-likeness (QED) is 0.495. The summed E-state index contributed by atoms with van der Waals surface area (Å²) in [5.74, 6) is -1.49. The van der Waals surface area contributed by atoms with Crippen molar-refractivity contribution in [3.63, 3.8) is 0 Å². The second-order valence-corrected chi connectivity index (χ2v) is 6.41. The molecule has 2 N–H and O–H groups in total. The number of aromatic nitrogens is 3. The zero-order valence-corrected chi connectivity index (χ0v) is 15.0. The number of carboxylic acids is 1. The van der Waals surface area contributed by atoms with Gasteiger partial charge >= 0.3 is 24.8 Å². The fourth-order valence-electron chi connectivity index (χ4n) is 2.80. The van der Waals surface area contributed by atoms with E-state index in [-0.39, 0.29) is 30.0 Å². The number of hydrogen-bond acceptors (Lipinski definition) is 5. The van der Waals surface area contributed by atoms with Crippen molar-refractivity contribution in [1.82, 2.24) is 15.2 Å². The Morgan fingerprint density at radius 3 is 2.72 bits per heavy atom. The topological polar surface area (TPSA) is 88.0 Å². The third kappa shape index (κ3) is 4.38. The van der Waals surface area contributed by atoms with E-state index in [9.17, 15) is 14.3 Å². The molecule has 0 unspecified atom stereocenters. The monoisotopic (exact) mass is 402 g/mol. The number of carbonyl (C=O) groups is 1. The van der Waals surface area contributed by atoms with Gasteiger partial charge in [0.1, 0.15) is 5.82 Å². The molecule has 0 aliphatic heterocycles. The van der Waals surface area contributed by atoms with Crippen LogP contribution in [0, 0.1) is 5.82 Å². The predicted molar refractivity (Wildman–Crippen MR) is 112 cm³/mol. The van der Waals surface area contributed by atoms with Gasteiger partial charge in [-0.3, -0.25) is 4.98 Å². The summed E-state index contributed by atoms with van der Waals surface area (Å²) < 4.78 is 14.1. The summed E-state index contributed by atoms with van der Waals surface area (Å²) in [5, 5.41) is 21.3. The number of hydrogen-bond donors (Lipinski definition) is 2. The molecule has 9 heteroatoms. The SMILES string of the molecule is O=C(O)c1ccc2nccc(Nc3cnnc(-c4cc(Cl)ccc4F)c3)c2c1.[LiH]. The molecule has 0 fully saturated rings. The van der Waals surface area contributed by atoms with E-state index in [0.29, 0.717) is 33.0 Å². The number of carboxylic acid groups (broad SMARTS) is 1. The van der Waals surface area contributed by atoms with Crippen LogP contribution in [-0.4, -0.2) is 45.1 Å². The van der Waals surface area contributed by atoms with E-state index in [1.165, 1.54) is 30.5 Å². The van der Waals surface area contributed by atoms with Gasteiger partial charge in [-0.15, -0.1) is 0 Å². The second-order valence-electron chi connectivity index (χ2n) is 5.97. The first kappa shape index (κ1) is 20.7. The second kappa shape index (κ2) is 8.58. The maximum absolute atomic E-state index is 14.1. The average molecular weight is 403 g/mol. The number of rotatable bonds is 4. The van der Waals surface area contributed by atoms with Crippen LogP contribution in [-0.2, 0) is 0 Å². The molecule has 6 nitrogen and oxygen atoms in total. The molecule has 0 atom stereocenters. The molecule has 2 heterocycles. The molecule has 2 aromatic heterocycles. The molecule has 0 radical (unpaired) electrons. The summed E-state index contributed by atoms with van der Waals surface area (Å²) in [4.78, 5) is 15.5. The summed E-state index contributed by atoms with van der Waals surface area (Å²) in [7, 11) is 0. The van der Waals surface area contributed by atoms with E-state index >= 15 is 0 Å². The van der Waals surface area contributed by atoms with E-state index < -0.39 is 11.8 Å². The molecule has 140 valence electrons. The molecule has 4 rings (SSSR count). The first-order chi connectivity index (χ1) is 13.5. The fraction of sp³-hybridized carbons (Fsp3) is 0. The molecule has 0 aliphatic carbocycles. The van der Waals surface area contributed by atoms with Gasteiger partial charge < -0.3 is 10.4 Å². The van der Waals surface area contributed by atoms with Gasteiger partial charge in [-0.1, -0.05) is 11.6 Å². The van der Waals surface area contributed by atoms with Gasteiger partial charge in [0.25, 0.3) is 0 Å². The average Bonchev–Trinajstić information content (AvgIpc) is 2.70. The van der Waals surface area contributed by atoms with Crippen molar-refractivity contribution in [1.29, 1.82) is 0 Å². The first-order valence-electron chi connectivity index (χ1n) is 8.18. The fourth-order valence-corrected chi connectivity index (χ4v) is 2.98. The molecule has 4 aromatic rings. The van der Waals surface area contributed by atoms with Crippen molar-refractivity contribution in [3.8, 4) is 11.3 Å². The summed E-state index contributed by atoms with van der Waals surface area (Å²) in [6, 6.07) is 12.2. The zero-order chi connectivity index (χ0) is 19.7. The van der Waals surface area contributed by atoms with E-state index in [0.717, 1.165) is 0 Å². The zero-order valence-electron chi connectivity index (χ0n) is 14.2. The molecule has 29 heavy (non-hydrogen) atoms. The minimum atomic E-state index is -1.03. The van der Waals surface area contributed by atoms with Gasteiger partial charge in [0.15, 0.2) is 0 Å². The van der Waals surface area contributed by atoms with Gasteiger partial charge in [-0.05, 0) is 48.5 Å². The van der Waals surface area contributed by atoms with Gasteiger partial charge in [-0.2, -0.15) is 10.2 Å². The summed E-state index contributed by atoms with van der Waals surface area (Å²) in [6.07, 6.45) is 3.09. The van der Waals surface area contributed by atoms with Gasteiger partial charge in [0.2, 0.25) is 0 Å². The standard InChI is InChI=1S/C20H12ClFN4O2.Li.H/c21-12-2-3-16(22)14(8-12)19-9-13(10-24-26-19)25-18-5-6-23-17-4-1-11(20(27)28)7-15(17)18;;/h1-10H,(H,27,28)(H,23,25,26);;. The first-order valence-corrected chi connectivity index (χ1v) is 8.56. The van der Waals surface area contributed by atoms with Crippen molar-refractivity contribution in [2.45, 2.75) is 0 Å². The Balaban J connectivity index is 0.00000240. The van der Waals surface area contributed by atoms with Crippen LogP contribution in [0.4, 0.5) is 15.8 Å². The molecule has 0 bridgehead atoms. The van der Waals surface area contributed by atoms with Crippen molar-refractivity contribution in [3.05, 3.63) is 77.3 Å².